The van der Waals surface area contributed by atoms with Crippen molar-refractivity contribution in [3.8, 4) is 0 Å². The van der Waals surface area contributed by atoms with Gasteiger partial charge in [-0.25, -0.2) is 8.42 Å². The Labute approximate surface area is 135 Å². The van der Waals surface area contributed by atoms with Gasteiger partial charge in [0.25, 0.3) is 0 Å². The highest BCUT2D eigenvalue weighted by molar-refractivity contribution is 8.24. The lowest BCUT2D eigenvalue weighted by molar-refractivity contribution is 0.550. The molecule has 2 aliphatic rings. The summed E-state index contributed by atoms with van der Waals surface area (Å²) in [4.78, 5) is 4.07. The summed E-state index contributed by atoms with van der Waals surface area (Å²) >= 11 is 7.03. The van der Waals surface area contributed by atoms with Crippen LogP contribution in [0.2, 0.25) is 0 Å². The van der Waals surface area contributed by atoms with Crippen LogP contribution < -0.4 is 9.80 Å². The molecule has 0 N–H and O–H groups in total. The number of hydrogen-bond donors (Lipinski definition) is 0. The monoisotopic (exact) mass is 342 g/mol. The number of fused-ring (bicyclic) bond motifs is 1. The molecule has 7 heteroatoms. The third-order valence-electron chi connectivity index (χ3n) is 4.15. The van der Waals surface area contributed by atoms with Crippen LogP contribution in [-0.4, -0.2) is 49.1 Å². The summed E-state index contributed by atoms with van der Waals surface area (Å²) in [5, 5.41) is 0.0259. The van der Waals surface area contributed by atoms with Crippen molar-refractivity contribution in [1.82, 2.24) is 0 Å². The Morgan fingerprint density at radius 2 is 2.14 bits per heavy atom. The molecule has 2 aliphatic heterocycles. The lowest BCUT2D eigenvalue weighted by atomic mass is 9.98. The largest absolute Gasteiger partial charge is 0.378 e. The minimum absolute atomic E-state index is 0.0259. The summed E-state index contributed by atoms with van der Waals surface area (Å²) in [6.07, 6.45) is 0. The topological polar surface area (TPSA) is 40.6 Å². The van der Waals surface area contributed by atoms with Crippen LogP contribution in [0.15, 0.2) is 24.3 Å². The predicted molar refractivity (Wildman–Crippen MR) is 94.3 cm³/mol. The summed E-state index contributed by atoms with van der Waals surface area (Å²) < 4.78 is 24.8. The maximum absolute atomic E-state index is 12.0. The van der Waals surface area contributed by atoms with Gasteiger partial charge >= 0.3 is 0 Å². The summed E-state index contributed by atoms with van der Waals surface area (Å²) in [6.45, 7) is 2.01. The van der Waals surface area contributed by atoms with E-state index in [0.717, 1.165) is 15.7 Å². The van der Waals surface area contributed by atoms with E-state index in [0.29, 0.717) is 0 Å². The van der Waals surface area contributed by atoms with Crippen molar-refractivity contribution in [1.29, 1.82) is 0 Å². The Bertz CT molecular complexity index is 702. The van der Waals surface area contributed by atoms with Gasteiger partial charge in [-0.3, -0.25) is 0 Å². The SMILES string of the molecule is CN(C)c1cccc(N2C(=S)S[C@H]3CS(=O)(=O)C[C@]32C)c1. The van der Waals surface area contributed by atoms with Crippen LogP contribution in [0.3, 0.4) is 0 Å². The molecule has 0 aromatic heterocycles. The summed E-state index contributed by atoms with van der Waals surface area (Å²) in [6, 6.07) is 8.07. The fraction of sp³-hybridized carbons (Fsp3) is 0.500. The number of anilines is 2. The van der Waals surface area contributed by atoms with Crippen molar-refractivity contribution in [2.24, 2.45) is 0 Å². The number of thioether (sulfide) groups is 1. The second-order valence-corrected chi connectivity index (χ2v) is 9.98. The Balaban J connectivity index is 2.05. The molecule has 0 unspecified atom stereocenters. The number of rotatable bonds is 2. The zero-order valence-electron chi connectivity index (χ0n) is 12.2. The molecule has 3 rings (SSSR count). The van der Waals surface area contributed by atoms with E-state index < -0.39 is 15.4 Å². The second kappa shape index (κ2) is 4.86. The molecule has 2 heterocycles. The van der Waals surface area contributed by atoms with E-state index in [1.165, 1.54) is 11.8 Å². The highest BCUT2D eigenvalue weighted by Crippen LogP contribution is 2.48. The molecular weight excluding hydrogens is 324 g/mol. The van der Waals surface area contributed by atoms with Gasteiger partial charge < -0.3 is 9.80 Å². The Hall–Kier alpha value is -0.790. The van der Waals surface area contributed by atoms with Crippen molar-refractivity contribution in [2.75, 3.05) is 35.4 Å². The molecule has 2 fully saturated rings. The van der Waals surface area contributed by atoms with E-state index in [4.69, 9.17) is 12.2 Å². The van der Waals surface area contributed by atoms with Crippen molar-refractivity contribution < 1.29 is 8.42 Å². The van der Waals surface area contributed by atoms with Gasteiger partial charge in [-0.15, -0.1) is 0 Å². The molecule has 4 nitrogen and oxygen atoms in total. The van der Waals surface area contributed by atoms with Crippen molar-refractivity contribution in [3.63, 3.8) is 0 Å². The first kappa shape index (κ1) is 15.1. The van der Waals surface area contributed by atoms with E-state index >= 15 is 0 Å². The van der Waals surface area contributed by atoms with Gasteiger partial charge in [-0.05, 0) is 25.1 Å². The van der Waals surface area contributed by atoms with Crippen LogP contribution in [0.25, 0.3) is 0 Å². The fourth-order valence-corrected chi connectivity index (χ4v) is 8.00. The number of nitrogens with zero attached hydrogens (tertiary/aromatic N) is 2. The van der Waals surface area contributed by atoms with Crippen molar-refractivity contribution >= 4 is 49.5 Å². The highest BCUT2D eigenvalue weighted by Gasteiger charge is 2.57. The van der Waals surface area contributed by atoms with Crippen LogP contribution in [-0.2, 0) is 9.84 Å². The van der Waals surface area contributed by atoms with Gasteiger partial charge in [-0.2, -0.15) is 0 Å². The summed E-state index contributed by atoms with van der Waals surface area (Å²) in [5.74, 6) is 0.391. The first-order chi connectivity index (χ1) is 9.73. The molecule has 0 aliphatic carbocycles. The molecule has 0 spiro atoms. The average molecular weight is 343 g/mol. The molecule has 2 atom stereocenters. The Morgan fingerprint density at radius 3 is 2.81 bits per heavy atom. The molecular formula is C14H18N2O2S3. The smallest absolute Gasteiger partial charge is 0.153 e. The number of thiocarbonyl (C=S) groups is 1. The molecule has 2 saturated heterocycles. The van der Waals surface area contributed by atoms with Crippen LogP contribution >= 0.6 is 24.0 Å². The van der Waals surface area contributed by atoms with E-state index in [-0.39, 0.29) is 16.8 Å². The zero-order chi connectivity index (χ0) is 15.4. The van der Waals surface area contributed by atoms with Crippen molar-refractivity contribution in [2.45, 2.75) is 17.7 Å². The fourth-order valence-electron chi connectivity index (χ4n) is 3.07. The van der Waals surface area contributed by atoms with E-state index in [1.807, 2.05) is 49.0 Å². The Kier molecular flexibility index (Phi) is 3.50. The molecule has 0 radical (unpaired) electrons. The number of sulfone groups is 1. The van der Waals surface area contributed by atoms with Gasteiger partial charge in [0.15, 0.2) is 9.84 Å². The summed E-state index contributed by atoms with van der Waals surface area (Å²) in [7, 11) is 0.986. The maximum Gasteiger partial charge on any atom is 0.153 e. The van der Waals surface area contributed by atoms with Gasteiger partial charge in [-0.1, -0.05) is 30.0 Å². The molecule has 0 bridgehead atoms. The lowest BCUT2D eigenvalue weighted by Gasteiger charge is -2.34. The van der Waals surface area contributed by atoms with Crippen LogP contribution in [0, 0.1) is 0 Å². The van der Waals surface area contributed by atoms with E-state index in [2.05, 4.69) is 6.07 Å². The maximum atomic E-state index is 12.0. The first-order valence-corrected chi connectivity index (χ1v) is 9.82. The van der Waals surface area contributed by atoms with E-state index in [1.54, 1.807) is 0 Å². The molecule has 1 aromatic rings. The minimum Gasteiger partial charge on any atom is -0.378 e. The van der Waals surface area contributed by atoms with Gasteiger partial charge in [0, 0.05) is 25.5 Å². The molecule has 21 heavy (non-hydrogen) atoms. The number of benzene rings is 1. The predicted octanol–water partition coefficient (Wildman–Crippen LogP) is 2.15. The zero-order valence-corrected chi connectivity index (χ0v) is 14.7. The lowest BCUT2D eigenvalue weighted by Crippen LogP contribution is -2.49. The molecule has 1 aromatic carbocycles. The second-order valence-electron chi connectivity index (χ2n) is 6.03. The van der Waals surface area contributed by atoms with Gasteiger partial charge in [0.1, 0.15) is 4.32 Å². The quantitative estimate of drug-likeness (QED) is 0.767. The minimum atomic E-state index is -2.99. The highest BCUT2D eigenvalue weighted by atomic mass is 32.2. The summed E-state index contributed by atoms with van der Waals surface area (Å²) in [5.41, 5.74) is 1.61. The normalized spacial score (nSPS) is 30.5. The molecule has 0 amide bonds. The van der Waals surface area contributed by atoms with E-state index in [9.17, 15) is 8.42 Å². The van der Waals surface area contributed by atoms with Crippen LogP contribution in [0.5, 0.6) is 0 Å². The first-order valence-electron chi connectivity index (χ1n) is 6.72. The standard InChI is InChI=1S/C14H18N2O2S3/c1-14-9-21(17,18)8-12(14)20-13(19)16(14)11-6-4-5-10(7-11)15(2)3/h4-7,12H,8-9H2,1-3H3/t12-,14+/m0/s1. The third kappa shape index (κ3) is 2.45. The van der Waals surface area contributed by atoms with Crippen LogP contribution in [0.1, 0.15) is 6.92 Å². The van der Waals surface area contributed by atoms with Gasteiger partial charge in [0.05, 0.1) is 22.3 Å². The van der Waals surface area contributed by atoms with Crippen LogP contribution in [0.4, 0.5) is 11.4 Å². The number of hydrogen-bond acceptors (Lipinski definition) is 5. The third-order valence-corrected chi connectivity index (χ3v) is 8.04. The van der Waals surface area contributed by atoms with Crippen molar-refractivity contribution in [3.05, 3.63) is 24.3 Å². The Morgan fingerprint density at radius 1 is 1.43 bits per heavy atom. The van der Waals surface area contributed by atoms with Gasteiger partial charge in [0.2, 0.25) is 0 Å². The molecule has 0 saturated carbocycles. The average Bonchev–Trinajstić information content (AvgIpc) is 2.72. The molecule has 114 valence electrons.